The number of carbonyl (C=O) groups is 4. The zero-order valence-corrected chi connectivity index (χ0v) is 28.3. The summed E-state index contributed by atoms with van der Waals surface area (Å²) in [5.74, 6) is -1.78. The highest BCUT2D eigenvalue weighted by Crippen LogP contribution is 2.38. The van der Waals surface area contributed by atoms with Crippen LogP contribution in [0.3, 0.4) is 0 Å². The average Bonchev–Trinajstić information content (AvgIpc) is 3.65. The molecule has 2 fully saturated rings. The minimum Gasteiger partial charge on any atom is -0.481 e. The van der Waals surface area contributed by atoms with Gasteiger partial charge in [-0.05, 0) is 73.6 Å². The Hall–Kier alpha value is -3.42. The van der Waals surface area contributed by atoms with Gasteiger partial charge in [0, 0.05) is 64.7 Å². The van der Waals surface area contributed by atoms with E-state index in [1.807, 2.05) is 32.9 Å². The molecular weight excluding hydrogens is 629 g/mol. The molecule has 4 rings (SSSR count). The normalized spacial score (nSPS) is 28.8. The van der Waals surface area contributed by atoms with Crippen LogP contribution >= 0.6 is 25.3 Å². The first-order valence-corrected chi connectivity index (χ1v) is 16.8. The Balaban J connectivity index is 1.73. The van der Waals surface area contributed by atoms with Crippen LogP contribution in [0.15, 0.2) is 34.6 Å². The molecule has 2 saturated heterocycles. The average molecular weight is 673 g/mol. The van der Waals surface area contributed by atoms with Gasteiger partial charge >= 0.3 is 11.9 Å². The molecule has 0 aromatic carbocycles. The fraction of sp³-hybridized carbons (Fsp3) is 0.515. The fourth-order valence-electron chi connectivity index (χ4n) is 6.98. The van der Waals surface area contributed by atoms with Gasteiger partial charge in [-0.15, -0.1) is 0 Å². The minimum atomic E-state index is -1.14. The minimum absolute atomic E-state index is 0.0298. The largest absolute Gasteiger partial charge is 0.481 e. The molecule has 0 saturated carbocycles. The number of aromatic amines is 1. The molecule has 2 amide bonds. The van der Waals surface area contributed by atoms with E-state index in [1.165, 1.54) is 6.08 Å². The number of amides is 2. The van der Waals surface area contributed by atoms with Gasteiger partial charge < -0.3 is 36.3 Å². The Morgan fingerprint density at radius 2 is 1.76 bits per heavy atom. The van der Waals surface area contributed by atoms with Crippen LogP contribution in [0.5, 0.6) is 0 Å². The number of rotatable bonds is 13. The predicted molar refractivity (Wildman–Crippen MR) is 182 cm³/mol. The van der Waals surface area contributed by atoms with E-state index in [0.717, 1.165) is 17.2 Å². The summed E-state index contributed by atoms with van der Waals surface area (Å²) in [5.41, 5.74) is 5.32. The highest BCUT2D eigenvalue weighted by atomic mass is 32.1. The maximum absolute atomic E-state index is 12.6. The zero-order valence-electron chi connectivity index (χ0n) is 26.5. The van der Waals surface area contributed by atoms with Crippen LogP contribution in [0.25, 0.3) is 12.2 Å². The van der Waals surface area contributed by atoms with E-state index in [4.69, 9.17) is 0 Å². The summed E-state index contributed by atoms with van der Waals surface area (Å²) < 4.78 is 0. The van der Waals surface area contributed by atoms with E-state index in [-0.39, 0.29) is 54.5 Å². The molecule has 1 aromatic rings. The smallest absolute Gasteiger partial charge is 0.328 e. The number of aromatic nitrogens is 1. The first-order chi connectivity index (χ1) is 21.8. The fourth-order valence-corrected chi connectivity index (χ4v) is 7.48. The number of aliphatic carboxylic acids is 2. The van der Waals surface area contributed by atoms with Crippen molar-refractivity contribution in [1.29, 1.82) is 0 Å². The Morgan fingerprint density at radius 1 is 1.04 bits per heavy atom. The van der Waals surface area contributed by atoms with Gasteiger partial charge in [-0.3, -0.25) is 14.4 Å². The first-order valence-electron chi connectivity index (χ1n) is 15.5. The molecule has 46 heavy (non-hydrogen) atoms. The third kappa shape index (κ3) is 7.42. The van der Waals surface area contributed by atoms with E-state index >= 15 is 0 Å². The van der Waals surface area contributed by atoms with Crippen LogP contribution in [0.2, 0.25) is 0 Å². The molecule has 1 aromatic heterocycles. The molecular formula is C33H44N4O7S2. The number of carboxylic acids is 2. The van der Waals surface area contributed by atoms with Crippen molar-refractivity contribution in [3.8, 4) is 0 Å². The Bertz CT molecular complexity index is 1510. The van der Waals surface area contributed by atoms with Crippen LogP contribution in [-0.2, 0) is 19.2 Å². The van der Waals surface area contributed by atoms with Crippen LogP contribution in [-0.4, -0.2) is 73.7 Å². The molecule has 3 unspecified atom stereocenters. The number of aliphatic hydroxyl groups is 1. The molecule has 250 valence electrons. The molecule has 4 heterocycles. The number of carbonyl (C=O) groups excluding carboxylic acids is 2. The number of carboxylic acid groups (broad SMARTS) is 2. The van der Waals surface area contributed by atoms with Gasteiger partial charge in [-0.1, -0.05) is 19.9 Å². The van der Waals surface area contributed by atoms with Gasteiger partial charge in [0.2, 0.25) is 11.8 Å². The lowest BCUT2D eigenvalue weighted by atomic mass is 9.85. The number of H-pyrrole nitrogens is 1. The molecule has 0 radical (unpaired) electrons. The summed E-state index contributed by atoms with van der Waals surface area (Å²) in [4.78, 5) is 51.5. The Kier molecular flexibility index (Phi) is 11.5. The molecule has 3 aliphatic heterocycles. The van der Waals surface area contributed by atoms with Gasteiger partial charge in [0.15, 0.2) is 0 Å². The third-order valence-electron chi connectivity index (χ3n) is 9.69. The number of thiol groups is 2. The van der Waals surface area contributed by atoms with E-state index in [9.17, 15) is 34.5 Å². The Morgan fingerprint density at radius 3 is 2.39 bits per heavy atom. The molecule has 11 nitrogen and oxygen atoms in total. The van der Waals surface area contributed by atoms with E-state index in [2.05, 4.69) is 46.2 Å². The maximum Gasteiger partial charge on any atom is 0.328 e. The highest BCUT2D eigenvalue weighted by Gasteiger charge is 2.44. The van der Waals surface area contributed by atoms with Gasteiger partial charge in [-0.2, -0.15) is 25.3 Å². The van der Waals surface area contributed by atoms with E-state index in [1.54, 1.807) is 6.92 Å². The standard InChI is InChI=1S/C33H44N4O7S2/c1-15-19(5-7-27(38)39)25(34-23(15)13-24-16(2)22(10-12-46)33(44)36-24)14-26-20(6-8-28(40)41)17(3)29(35-26)31(42)30-21(9-11-45)18(4)32(43)37-30/h6,8,10,14,16,18,21,23-24,30-31,34-35,42,45-46H,5,7,9,11-13H2,1-4H3,(H,36,44)(H,37,43)(H,38,39)(H,40,41)/b8-6-,22-10-,25-14+/t16?,18-,21-,23?,24-,30?,31+/m1/s1. The second kappa shape index (κ2) is 15.0. The van der Waals surface area contributed by atoms with E-state index in [0.29, 0.717) is 58.1 Å². The topological polar surface area (TPSA) is 181 Å². The van der Waals surface area contributed by atoms with Crippen molar-refractivity contribution in [3.63, 3.8) is 0 Å². The summed E-state index contributed by atoms with van der Waals surface area (Å²) in [5, 5.41) is 40.0. The number of nitrogens with one attached hydrogen (secondary N) is 4. The lowest BCUT2D eigenvalue weighted by Gasteiger charge is -2.25. The summed E-state index contributed by atoms with van der Waals surface area (Å²) in [6.07, 6.45) is 6.40. The molecule has 13 heteroatoms. The monoisotopic (exact) mass is 672 g/mol. The Labute approximate surface area is 279 Å². The summed E-state index contributed by atoms with van der Waals surface area (Å²) >= 11 is 8.59. The van der Waals surface area contributed by atoms with Crippen molar-refractivity contribution in [2.75, 3.05) is 11.5 Å². The number of aliphatic hydroxyl groups excluding tert-OH is 1. The SMILES string of the molecule is CC1=C(CCC(=O)O)/C(=C\c2[nH]c([C@H](O)C3NC(=O)[C@H](C)[C@H]3CCS)c(C)c2/C=C\C(=O)O)NC1C[C@H]1NC(=O)/C(=C\CS)C1C. The molecule has 0 spiro atoms. The molecule has 0 aliphatic carbocycles. The van der Waals surface area contributed by atoms with Gasteiger partial charge in [0.1, 0.15) is 6.10 Å². The quantitative estimate of drug-likeness (QED) is 0.113. The van der Waals surface area contributed by atoms with Crippen molar-refractivity contribution in [3.05, 3.63) is 57.1 Å². The number of hydrogen-bond acceptors (Lipinski definition) is 8. The first kappa shape index (κ1) is 35.4. The number of allylic oxidation sites excluding steroid dienone is 1. The van der Waals surface area contributed by atoms with Crippen LogP contribution < -0.4 is 16.0 Å². The highest BCUT2D eigenvalue weighted by molar-refractivity contribution is 7.80. The summed E-state index contributed by atoms with van der Waals surface area (Å²) in [6.45, 7) is 7.56. The predicted octanol–water partition coefficient (Wildman–Crippen LogP) is 3.40. The van der Waals surface area contributed by atoms with Crippen molar-refractivity contribution < 1.29 is 34.5 Å². The van der Waals surface area contributed by atoms with Crippen molar-refractivity contribution >= 4 is 61.2 Å². The molecule has 7 atom stereocenters. The number of hydrogen-bond donors (Lipinski definition) is 9. The third-order valence-corrected chi connectivity index (χ3v) is 10.1. The summed E-state index contributed by atoms with van der Waals surface area (Å²) in [6, 6.07) is -0.880. The van der Waals surface area contributed by atoms with Crippen molar-refractivity contribution in [2.24, 2.45) is 17.8 Å². The second-order valence-electron chi connectivity index (χ2n) is 12.4. The van der Waals surface area contributed by atoms with Crippen LogP contribution in [0.1, 0.15) is 75.1 Å². The van der Waals surface area contributed by atoms with Gasteiger partial charge in [-0.25, -0.2) is 4.79 Å². The molecule has 3 aliphatic rings. The zero-order chi connectivity index (χ0) is 33.9. The van der Waals surface area contributed by atoms with Crippen molar-refractivity contribution in [2.45, 2.75) is 77.6 Å². The second-order valence-corrected chi connectivity index (χ2v) is 13.2. The lowest BCUT2D eigenvalue weighted by Crippen LogP contribution is -2.36. The maximum atomic E-state index is 12.6. The van der Waals surface area contributed by atoms with Crippen molar-refractivity contribution in [1.82, 2.24) is 20.9 Å². The van der Waals surface area contributed by atoms with E-state index < -0.39 is 24.1 Å². The van der Waals surface area contributed by atoms with Gasteiger partial charge in [0.25, 0.3) is 0 Å². The summed E-state index contributed by atoms with van der Waals surface area (Å²) in [7, 11) is 0. The lowest BCUT2D eigenvalue weighted by molar-refractivity contribution is -0.137. The molecule has 7 N–H and O–H groups in total. The van der Waals surface area contributed by atoms with Crippen LogP contribution in [0.4, 0.5) is 0 Å². The van der Waals surface area contributed by atoms with Gasteiger partial charge in [0.05, 0.1) is 11.7 Å². The van der Waals surface area contributed by atoms with Crippen LogP contribution in [0, 0.1) is 24.7 Å². The molecule has 0 bridgehead atoms.